The van der Waals surface area contributed by atoms with E-state index in [2.05, 4.69) is 48.0 Å². The van der Waals surface area contributed by atoms with Crippen LogP contribution in [0, 0.1) is 11.8 Å². The maximum atomic E-state index is 13.0. The predicted molar refractivity (Wildman–Crippen MR) is 211 cm³/mol. The van der Waals surface area contributed by atoms with Crippen LogP contribution >= 0.6 is 11.8 Å². The van der Waals surface area contributed by atoms with Crippen molar-refractivity contribution >= 4 is 48.1 Å². The Morgan fingerprint density at radius 2 is 1.50 bits per heavy atom. The van der Waals surface area contributed by atoms with E-state index >= 15 is 0 Å². The molecule has 5 N–H and O–H groups in total. The number of rotatable bonds is 15. The van der Waals surface area contributed by atoms with Crippen LogP contribution in [0.4, 0.5) is 0 Å². The molecule has 290 valence electrons. The summed E-state index contributed by atoms with van der Waals surface area (Å²) in [6, 6.07) is -1.30. The Morgan fingerprint density at radius 3 is 1.94 bits per heavy atom. The number of nitrogens with zero attached hydrogens (tertiary/aromatic N) is 1. The molecule has 5 amide bonds. The van der Waals surface area contributed by atoms with Crippen LogP contribution in [0.3, 0.4) is 0 Å². The average molecular weight is 742 g/mol. The lowest BCUT2D eigenvalue weighted by Crippen LogP contribution is -2.56. The monoisotopic (exact) mass is 741 g/mol. The largest absolute Gasteiger partial charge is 0.372 e. The topological polar surface area (TPSA) is 168 Å². The van der Waals surface area contributed by atoms with E-state index in [1.165, 1.54) is 62.0 Å². The average Bonchev–Trinajstić information content (AvgIpc) is 3.77. The molecule has 11 nitrogen and oxygen atoms in total. The third kappa shape index (κ3) is 16.2. The lowest BCUT2D eigenvalue weighted by molar-refractivity contribution is -0.137. The molecule has 3 aliphatic carbocycles. The lowest BCUT2D eigenvalue weighted by atomic mass is 9.80. The van der Waals surface area contributed by atoms with E-state index in [0.717, 1.165) is 69.7 Å². The summed E-state index contributed by atoms with van der Waals surface area (Å²) in [5.74, 6) is 0.0957. The number of thioether (sulfide) groups is 1. The van der Waals surface area contributed by atoms with Crippen molar-refractivity contribution in [1.29, 1.82) is 0 Å². The summed E-state index contributed by atoms with van der Waals surface area (Å²) in [6.45, 7) is 20.8. The van der Waals surface area contributed by atoms with Crippen LogP contribution in [0.2, 0.25) is 0 Å². The molecule has 0 bridgehead atoms. The van der Waals surface area contributed by atoms with Gasteiger partial charge >= 0.3 is 0 Å². The number of Topliss-reactive ketones (excluding diaryl/α,β-unsaturated/α-hetero) is 1. The summed E-state index contributed by atoms with van der Waals surface area (Å²) in [5, 5.41) is 9.79. The highest BCUT2D eigenvalue weighted by Gasteiger charge is 2.35. The molecule has 52 heavy (non-hydrogen) atoms. The fraction of sp³-hybridized carbons (Fsp3) is 0.600. The van der Waals surface area contributed by atoms with Gasteiger partial charge in [-0.3, -0.25) is 28.8 Å². The van der Waals surface area contributed by atoms with Gasteiger partial charge in [-0.15, -0.1) is 0 Å². The zero-order valence-electron chi connectivity index (χ0n) is 31.7. The molecule has 0 radical (unpaired) electrons. The van der Waals surface area contributed by atoms with E-state index in [9.17, 15) is 24.0 Å². The van der Waals surface area contributed by atoms with Crippen LogP contribution < -0.4 is 21.7 Å². The van der Waals surface area contributed by atoms with Gasteiger partial charge in [-0.25, -0.2) is 0 Å². The van der Waals surface area contributed by atoms with Gasteiger partial charge in [0.15, 0.2) is 5.78 Å². The van der Waals surface area contributed by atoms with Gasteiger partial charge in [0.05, 0.1) is 10.9 Å². The Morgan fingerprint density at radius 1 is 0.904 bits per heavy atom. The van der Waals surface area contributed by atoms with Crippen molar-refractivity contribution in [2.24, 2.45) is 17.6 Å². The number of nitrogens with one attached hydrogen (secondary N) is 3. The Bertz CT molecular complexity index is 1250. The number of nitrogens with two attached hydrogens (primary N) is 1. The number of likely N-dealkylation sites (tertiary alicyclic amines) is 1. The Balaban J connectivity index is 0.000000457. The van der Waals surface area contributed by atoms with E-state index in [0.29, 0.717) is 17.2 Å². The van der Waals surface area contributed by atoms with Gasteiger partial charge in [0.25, 0.3) is 5.91 Å². The third-order valence-corrected chi connectivity index (χ3v) is 10.7. The first-order valence-corrected chi connectivity index (χ1v) is 19.5. The molecule has 4 atom stereocenters. The van der Waals surface area contributed by atoms with Crippen molar-refractivity contribution in [1.82, 2.24) is 20.9 Å². The Hall–Kier alpha value is -3.93. The number of ketones is 1. The maximum absolute atomic E-state index is 13.0. The zero-order valence-corrected chi connectivity index (χ0v) is 32.5. The summed E-state index contributed by atoms with van der Waals surface area (Å²) < 4.78 is 0. The van der Waals surface area contributed by atoms with Gasteiger partial charge in [-0.1, -0.05) is 88.8 Å². The van der Waals surface area contributed by atoms with Crippen LogP contribution in [-0.2, 0) is 28.8 Å². The van der Waals surface area contributed by atoms with E-state index in [1.807, 2.05) is 24.0 Å². The van der Waals surface area contributed by atoms with Gasteiger partial charge in [0.2, 0.25) is 24.6 Å². The summed E-state index contributed by atoms with van der Waals surface area (Å²) >= 11 is 1.14. The first-order valence-electron chi connectivity index (χ1n) is 18.6. The summed E-state index contributed by atoms with van der Waals surface area (Å²) in [6.07, 6.45) is 20.0. The van der Waals surface area contributed by atoms with Gasteiger partial charge in [0, 0.05) is 12.6 Å². The molecule has 2 saturated carbocycles. The number of hydrogen-bond acceptors (Lipinski definition) is 7. The van der Waals surface area contributed by atoms with Crippen molar-refractivity contribution < 1.29 is 28.8 Å². The van der Waals surface area contributed by atoms with Crippen molar-refractivity contribution in [2.45, 2.75) is 135 Å². The second-order valence-corrected chi connectivity index (χ2v) is 14.8. The lowest BCUT2D eigenvalue weighted by Gasteiger charge is -2.32. The normalized spacial score (nSPS) is 19.8. The number of carbonyl (C=O) groups excluding carboxylic acids is 6. The van der Waals surface area contributed by atoms with Crippen LogP contribution in [0.5, 0.6) is 0 Å². The molecule has 0 spiro atoms. The van der Waals surface area contributed by atoms with Gasteiger partial charge < -0.3 is 26.6 Å². The zero-order chi connectivity index (χ0) is 39.1. The molecule has 4 aliphatic rings. The number of allylic oxidation sites excluding steroid dienone is 4. The molecule has 3 unspecified atom stereocenters. The standard InChI is InChI=1S/C21H33N3O3S.C9H15NO2.C9H12.CH3NO/c1-5-28-16(4)19(25)23-18(17-11-7-6-8-12-17)20(26)22-15(3)21(27)24-13-9-10-14(24)2;1-7(12)9(10-6-11)5-8-3-2-4-8;1-3-8-6-5-7-9(8)4-2;2-1-3/h5,14-15,17-18H,1,4,6-13H2,2-3H3,(H,22,26)(H,23,25);6,8-9H,2-5H2,1H3,(H,10,11);3-4H,1-2,5-7H2;1H,(H2,2,3)/t14?,15-,18?;;;/m0.../s1. The summed E-state index contributed by atoms with van der Waals surface area (Å²) in [7, 11) is 0. The molecule has 1 saturated heterocycles. The first kappa shape index (κ1) is 46.1. The van der Waals surface area contributed by atoms with Crippen molar-refractivity contribution in [2.75, 3.05) is 6.54 Å². The van der Waals surface area contributed by atoms with Crippen LogP contribution in [-0.4, -0.2) is 71.9 Å². The van der Waals surface area contributed by atoms with Gasteiger partial charge in [0.1, 0.15) is 12.1 Å². The van der Waals surface area contributed by atoms with Crippen LogP contribution in [0.25, 0.3) is 0 Å². The number of carbonyl (C=O) groups is 6. The fourth-order valence-corrected chi connectivity index (χ4v) is 7.23. The van der Waals surface area contributed by atoms with Crippen LogP contribution in [0.1, 0.15) is 111 Å². The quantitative estimate of drug-likeness (QED) is 0.122. The Kier molecular flexibility index (Phi) is 23.0. The molecule has 12 heteroatoms. The molecule has 3 fully saturated rings. The molecular weight excluding hydrogens is 679 g/mol. The predicted octanol–water partition coefficient (Wildman–Crippen LogP) is 5.78. The molecule has 4 rings (SSSR count). The van der Waals surface area contributed by atoms with Gasteiger partial charge in [-0.05, 0) is 101 Å². The number of amides is 5. The van der Waals surface area contributed by atoms with Crippen molar-refractivity contribution in [3.63, 3.8) is 0 Å². The fourth-order valence-electron chi connectivity index (χ4n) is 6.87. The Labute approximate surface area is 315 Å². The molecule has 1 heterocycles. The minimum Gasteiger partial charge on any atom is -0.372 e. The highest BCUT2D eigenvalue weighted by atomic mass is 32.2. The second-order valence-electron chi connectivity index (χ2n) is 13.7. The third-order valence-electron chi connectivity index (χ3n) is 10.1. The maximum Gasteiger partial charge on any atom is 0.258 e. The van der Waals surface area contributed by atoms with E-state index in [-0.39, 0.29) is 47.9 Å². The molecule has 0 aromatic carbocycles. The minimum atomic E-state index is -0.652. The first-order chi connectivity index (χ1) is 24.9. The van der Waals surface area contributed by atoms with Crippen LogP contribution in [0.15, 0.2) is 59.9 Å². The summed E-state index contributed by atoms with van der Waals surface area (Å²) in [5.41, 5.74) is 6.95. The molecule has 1 aliphatic heterocycles. The smallest absolute Gasteiger partial charge is 0.258 e. The number of primary amides is 1. The van der Waals surface area contributed by atoms with E-state index < -0.39 is 12.1 Å². The van der Waals surface area contributed by atoms with Gasteiger partial charge in [-0.2, -0.15) is 0 Å². The summed E-state index contributed by atoms with van der Waals surface area (Å²) in [4.78, 5) is 70.0. The molecular formula is C40H63N5O6S. The SMILES string of the molecule is C=CC1=C(C=C)CCC1.C=CSC(=C)C(=O)NC(C(=O)N[C@@H](C)C(=O)N1CCCC1C)C1CCCCC1.CC(=O)C(CC1CCC1)NC=O.NC=O. The molecule has 0 aromatic rings. The second kappa shape index (κ2) is 25.9. The van der Waals surface area contributed by atoms with E-state index in [1.54, 1.807) is 6.92 Å². The van der Waals surface area contributed by atoms with E-state index in [4.69, 9.17) is 4.79 Å². The molecule has 0 aromatic heterocycles. The highest BCUT2D eigenvalue weighted by molar-refractivity contribution is 8.06. The van der Waals surface area contributed by atoms with Crippen molar-refractivity contribution in [3.8, 4) is 0 Å². The number of hydrogen-bond donors (Lipinski definition) is 4. The highest BCUT2D eigenvalue weighted by Crippen LogP contribution is 2.31. The minimum absolute atomic E-state index is 0.0568. The van der Waals surface area contributed by atoms with Crippen molar-refractivity contribution in [3.05, 3.63) is 59.9 Å².